The van der Waals surface area contributed by atoms with Gasteiger partial charge in [0.2, 0.25) is 5.91 Å². The van der Waals surface area contributed by atoms with Crippen molar-refractivity contribution in [1.82, 2.24) is 35.4 Å². The molecule has 5 amide bonds. The first-order valence-electron chi connectivity index (χ1n) is 18.9. The highest BCUT2D eigenvalue weighted by molar-refractivity contribution is 6.04. The molecule has 2 fully saturated rings. The number of alkyl carbamates (subject to hydrolysis) is 1. The summed E-state index contributed by atoms with van der Waals surface area (Å²) in [6.07, 6.45) is -1.19. The second-order valence-corrected chi connectivity index (χ2v) is 14.5. The first-order valence-corrected chi connectivity index (χ1v) is 18.9. The molecule has 15 nitrogen and oxygen atoms in total. The fourth-order valence-corrected chi connectivity index (χ4v) is 7.25. The van der Waals surface area contributed by atoms with Crippen LogP contribution in [0.5, 0.6) is 5.75 Å². The fraction of sp³-hybridized carbons (Fsp3) is 0.400. The van der Waals surface area contributed by atoms with Gasteiger partial charge in [0.05, 0.1) is 24.4 Å². The Morgan fingerprint density at radius 2 is 1.72 bits per heavy atom. The van der Waals surface area contributed by atoms with Crippen LogP contribution in [-0.2, 0) is 9.53 Å². The first-order chi connectivity index (χ1) is 27.6. The lowest BCUT2D eigenvalue weighted by Gasteiger charge is -2.40. The summed E-state index contributed by atoms with van der Waals surface area (Å²) in [5.41, 5.74) is 2.09. The van der Waals surface area contributed by atoms with E-state index in [4.69, 9.17) is 9.72 Å². The van der Waals surface area contributed by atoms with Crippen LogP contribution in [0.25, 0.3) is 22.4 Å². The topological polar surface area (TPSA) is 174 Å². The van der Waals surface area contributed by atoms with E-state index in [0.29, 0.717) is 61.1 Å². The van der Waals surface area contributed by atoms with Gasteiger partial charge < -0.3 is 45.1 Å². The molecule has 0 unspecified atom stereocenters. The lowest BCUT2D eigenvalue weighted by Crippen LogP contribution is -2.55. The van der Waals surface area contributed by atoms with Gasteiger partial charge in [0.25, 0.3) is 5.91 Å². The van der Waals surface area contributed by atoms with Crippen LogP contribution in [0, 0.1) is 5.92 Å². The van der Waals surface area contributed by atoms with Crippen LogP contribution >= 0.6 is 0 Å². The van der Waals surface area contributed by atoms with Crippen LogP contribution < -0.4 is 25.6 Å². The number of nitrogens with one attached hydrogen (secondary N) is 4. The summed E-state index contributed by atoms with van der Waals surface area (Å²) in [6.45, 7) is 7.70. The van der Waals surface area contributed by atoms with Gasteiger partial charge in [-0.05, 0) is 55.5 Å². The van der Waals surface area contributed by atoms with Gasteiger partial charge in [-0.1, -0.05) is 38.1 Å². The monoisotopic (exact) mass is 805 g/mol. The molecule has 0 bridgehead atoms. The van der Waals surface area contributed by atoms with E-state index >= 15 is 0 Å². The van der Waals surface area contributed by atoms with Crippen LogP contribution in [0.15, 0.2) is 67.0 Å². The predicted octanol–water partition coefficient (Wildman–Crippen LogP) is 6.18. The summed E-state index contributed by atoms with van der Waals surface area (Å²) in [4.78, 5) is 68.5. The molecule has 2 aromatic carbocycles. The van der Waals surface area contributed by atoms with Crippen molar-refractivity contribution < 1.29 is 41.8 Å². The van der Waals surface area contributed by atoms with E-state index in [1.807, 2.05) is 25.7 Å². The molecular weight excluding hydrogens is 759 g/mol. The molecule has 6 rings (SSSR count). The lowest BCUT2D eigenvalue weighted by molar-refractivity contribution is -0.274. The van der Waals surface area contributed by atoms with Crippen LogP contribution in [0.1, 0.15) is 55.8 Å². The van der Waals surface area contributed by atoms with E-state index in [0.717, 1.165) is 12.5 Å². The van der Waals surface area contributed by atoms with Crippen molar-refractivity contribution in [3.05, 3.63) is 78.4 Å². The molecule has 3 atom stereocenters. The average molecular weight is 806 g/mol. The summed E-state index contributed by atoms with van der Waals surface area (Å²) < 4.78 is 50.1. The highest BCUT2D eigenvalue weighted by atomic mass is 19.4. The Bertz CT molecular complexity index is 2110. The van der Waals surface area contributed by atoms with Gasteiger partial charge in [-0.2, -0.15) is 0 Å². The Morgan fingerprint density at radius 3 is 2.36 bits per heavy atom. The zero-order chi connectivity index (χ0) is 41.7. The minimum Gasteiger partial charge on any atom is -0.453 e. The highest BCUT2D eigenvalue weighted by Crippen LogP contribution is 2.38. The number of rotatable bonds is 10. The van der Waals surface area contributed by atoms with Crippen LogP contribution in [-0.4, -0.2) is 107 Å². The van der Waals surface area contributed by atoms with Crippen molar-refractivity contribution in [2.45, 2.75) is 58.1 Å². The number of benzene rings is 2. The van der Waals surface area contributed by atoms with Gasteiger partial charge in [0.15, 0.2) is 0 Å². The second-order valence-electron chi connectivity index (χ2n) is 14.5. The number of hydrogen-bond donors (Lipinski definition) is 4. The van der Waals surface area contributed by atoms with Crippen LogP contribution in [0.4, 0.5) is 34.3 Å². The van der Waals surface area contributed by atoms with E-state index in [1.165, 1.54) is 25.4 Å². The maximum absolute atomic E-state index is 13.6. The molecule has 308 valence electrons. The van der Waals surface area contributed by atoms with Crippen LogP contribution in [0.2, 0.25) is 0 Å². The van der Waals surface area contributed by atoms with Crippen molar-refractivity contribution in [1.29, 1.82) is 0 Å². The van der Waals surface area contributed by atoms with Crippen molar-refractivity contribution in [3.63, 3.8) is 0 Å². The quantitative estimate of drug-likeness (QED) is 0.146. The number of anilines is 2. The Morgan fingerprint density at radius 1 is 0.983 bits per heavy atom. The number of imidazole rings is 1. The van der Waals surface area contributed by atoms with Gasteiger partial charge in [-0.3, -0.25) is 9.59 Å². The molecule has 2 saturated heterocycles. The number of carbonyl (C=O) groups excluding carboxylic acids is 4. The third-order valence-corrected chi connectivity index (χ3v) is 10.2. The molecular formula is C40H46F3N9O6. The Labute approximate surface area is 333 Å². The van der Waals surface area contributed by atoms with Gasteiger partial charge in [0, 0.05) is 74.5 Å². The van der Waals surface area contributed by atoms with Crippen LogP contribution in [0.3, 0.4) is 0 Å². The molecule has 4 heterocycles. The van der Waals surface area contributed by atoms with Gasteiger partial charge in [-0.25, -0.2) is 19.6 Å². The summed E-state index contributed by atoms with van der Waals surface area (Å²) in [5.74, 6) is -0.303. The van der Waals surface area contributed by atoms with Crippen molar-refractivity contribution in [2.75, 3.05) is 50.6 Å². The molecule has 0 saturated carbocycles. The number of amides is 5. The smallest absolute Gasteiger partial charge is 0.453 e. The fourth-order valence-electron chi connectivity index (χ4n) is 7.25. The molecule has 18 heteroatoms. The number of likely N-dealkylation sites (tertiary alicyclic amines) is 1. The Kier molecular flexibility index (Phi) is 12.4. The molecule has 2 aromatic heterocycles. The largest absolute Gasteiger partial charge is 0.573 e. The van der Waals surface area contributed by atoms with Crippen molar-refractivity contribution in [3.8, 4) is 28.1 Å². The number of piperazine rings is 1. The molecule has 58 heavy (non-hydrogen) atoms. The minimum absolute atomic E-state index is 0.0207. The molecule has 2 aliphatic rings. The highest BCUT2D eigenvalue weighted by Gasteiger charge is 2.38. The number of pyridine rings is 1. The Balaban J connectivity index is 1.14. The van der Waals surface area contributed by atoms with E-state index in [9.17, 15) is 32.3 Å². The zero-order valence-electron chi connectivity index (χ0n) is 32.7. The number of ether oxygens (including phenoxy) is 2. The molecule has 2 aliphatic heterocycles. The molecule has 0 radical (unpaired) electrons. The number of hydrogen-bond acceptors (Lipinski definition) is 9. The normalized spacial score (nSPS) is 17.5. The number of alkyl halides is 3. The third kappa shape index (κ3) is 9.44. The van der Waals surface area contributed by atoms with Gasteiger partial charge in [-0.15, -0.1) is 13.2 Å². The number of methoxy groups -OCH3 is 1. The van der Waals surface area contributed by atoms with Crippen molar-refractivity contribution in [2.24, 2.45) is 5.92 Å². The van der Waals surface area contributed by atoms with E-state index in [2.05, 4.69) is 30.7 Å². The predicted molar refractivity (Wildman–Crippen MR) is 209 cm³/mol. The molecule has 4 N–H and O–H groups in total. The number of nitrogens with zero attached hydrogens (tertiary/aromatic N) is 5. The summed E-state index contributed by atoms with van der Waals surface area (Å²) in [6, 6.07) is 12.7. The number of carbonyl (C=O) groups is 4. The van der Waals surface area contributed by atoms with Gasteiger partial charge >= 0.3 is 18.5 Å². The van der Waals surface area contributed by atoms with E-state index < -0.39 is 30.2 Å². The Hall–Kier alpha value is -6.33. The SMILES string of the molecule is CNC(=O)N1CCN(c2ccc(C(=O)Nc3ccc(-c4ccc(-c5c[nH]c([C@@H]6CCCN6C(=O)[C@@H](NC(=O)OC)C(C)C)n5)cc4)c(OC(F)(F)F)c3)cn2)[C@H](C)C1. The minimum atomic E-state index is -5.01. The molecule has 0 spiro atoms. The first kappa shape index (κ1) is 41.3. The molecule has 0 aliphatic carbocycles. The van der Waals surface area contributed by atoms with E-state index in [1.54, 1.807) is 59.4 Å². The second kappa shape index (κ2) is 17.4. The standard InChI is InChI=1S/C40H46F3N9O6/c1-23(2)34(49-39(56)57-5)37(54)52-16-6-7-31(52)35-46-21-30(48-35)26-10-8-25(9-11-26)29-14-13-28(19-32(29)58-40(41,42)43)47-36(53)27-12-15-33(45-20-27)51-18-17-50(22-24(51)3)38(55)44-4/h8-15,19-21,23-24,31,34H,6-7,16-18,22H2,1-5H3,(H,44,55)(H,46,48)(H,47,53)(H,49,56)/t24-,31+,34+/m1/s1. The zero-order valence-corrected chi connectivity index (χ0v) is 32.7. The maximum Gasteiger partial charge on any atom is 0.573 e. The third-order valence-electron chi connectivity index (χ3n) is 10.2. The number of urea groups is 1. The average Bonchev–Trinajstić information content (AvgIpc) is 3.90. The van der Waals surface area contributed by atoms with E-state index in [-0.39, 0.29) is 46.8 Å². The summed E-state index contributed by atoms with van der Waals surface area (Å²) in [5, 5.41) is 7.89. The number of halogens is 3. The number of H-pyrrole nitrogens is 1. The van der Waals surface area contributed by atoms with Gasteiger partial charge in [0.1, 0.15) is 23.4 Å². The lowest BCUT2D eigenvalue weighted by atomic mass is 10.0. The summed E-state index contributed by atoms with van der Waals surface area (Å²) >= 11 is 0. The number of aromatic nitrogens is 3. The number of aromatic amines is 1. The molecule has 4 aromatic rings. The summed E-state index contributed by atoms with van der Waals surface area (Å²) in [7, 11) is 2.82. The maximum atomic E-state index is 13.6. The van der Waals surface area contributed by atoms with Crippen molar-refractivity contribution >= 4 is 35.4 Å².